The van der Waals surface area contributed by atoms with Crippen LogP contribution in [-0.2, 0) is 11.2 Å². The fourth-order valence-electron chi connectivity index (χ4n) is 2.85. The molecule has 2 aromatic rings. The van der Waals surface area contributed by atoms with Crippen molar-refractivity contribution in [2.45, 2.75) is 32.7 Å². The Hall–Kier alpha value is -2.89. The third kappa shape index (κ3) is 5.31. The summed E-state index contributed by atoms with van der Waals surface area (Å²) in [5, 5.41) is 18.8. The molecule has 2 rings (SSSR count). The summed E-state index contributed by atoms with van der Waals surface area (Å²) in [4.78, 5) is 28.1. The van der Waals surface area contributed by atoms with Crippen LogP contribution in [0.4, 0.5) is 4.79 Å². The minimum atomic E-state index is -1.20. The van der Waals surface area contributed by atoms with E-state index in [-0.39, 0.29) is 12.5 Å². The van der Waals surface area contributed by atoms with Gasteiger partial charge in [0.1, 0.15) is 6.04 Å². The number of rotatable bonds is 8. The third-order valence-electron chi connectivity index (χ3n) is 4.21. The molecule has 0 saturated carbocycles. The van der Waals surface area contributed by atoms with Crippen LogP contribution in [0.15, 0.2) is 48.8 Å². The molecular weight excluding hydrogens is 332 g/mol. The number of benzene rings is 1. The van der Waals surface area contributed by atoms with E-state index in [1.165, 1.54) is 0 Å². The maximum Gasteiger partial charge on any atom is 0.408 e. The largest absolute Gasteiger partial charge is 0.480 e. The van der Waals surface area contributed by atoms with Crippen LogP contribution in [0.25, 0.3) is 11.1 Å². The summed E-state index contributed by atoms with van der Waals surface area (Å²) in [6, 6.07) is 10.6. The number of aromatic nitrogens is 1. The standard InChI is InChI=1S/C20H24N2O4/c1-14(2)13-18(19(23)24)22(20(25)26)12-9-15-3-5-16(6-4-15)17-7-10-21-11-8-17/h3-8,10-11,14,18H,9,12-13H2,1-2H3,(H,23,24)(H,25,26)/t18-/m0/s1. The smallest absolute Gasteiger partial charge is 0.408 e. The van der Waals surface area contributed by atoms with Gasteiger partial charge in [-0.15, -0.1) is 0 Å². The van der Waals surface area contributed by atoms with E-state index in [2.05, 4.69) is 4.98 Å². The fourth-order valence-corrected chi connectivity index (χ4v) is 2.85. The Labute approximate surface area is 153 Å². The molecule has 0 fully saturated rings. The van der Waals surface area contributed by atoms with Gasteiger partial charge in [-0.2, -0.15) is 0 Å². The zero-order valence-electron chi connectivity index (χ0n) is 15.0. The van der Waals surface area contributed by atoms with Crippen molar-refractivity contribution in [3.05, 3.63) is 54.4 Å². The molecule has 0 aliphatic heterocycles. The van der Waals surface area contributed by atoms with E-state index >= 15 is 0 Å². The Morgan fingerprint density at radius 1 is 1.00 bits per heavy atom. The zero-order valence-corrected chi connectivity index (χ0v) is 15.0. The van der Waals surface area contributed by atoms with Crippen LogP contribution in [0, 0.1) is 5.92 Å². The van der Waals surface area contributed by atoms with Gasteiger partial charge in [-0.3, -0.25) is 9.88 Å². The number of hydrogen-bond acceptors (Lipinski definition) is 3. The van der Waals surface area contributed by atoms with E-state index in [9.17, 15) is 19.8 Å². The molecule has 1 aromatic carbocycles. The molecule has 6 nitrogen and oxygen atoms in total. The van der Waals surface area contributed by atoms with Crippen LogP contribution in [-0.4, -0.2) is 44.7 Å². The number of nitrogens with zero attached hydrogens (tertiary/aromatic N) is 2. The third-order valence-corrected chi connectivity index (χ3v) is 4.21. The van der Waals surface area contributed by atoms with Crippen molar-refractivity contribution in [1.29, 1.82) is 0 Å². The monoisotopic (exact) mass is 356 g/mol. The summed E-state index contributed by atoms with van der Waals surface area (Å²) in [5.41, 5.74) is 3.07. The highest BCUT2D eigenvalue weighted by Gasteiger charge is 2.29. The number of carbonyl (C=O) groups is 2. The lowest BCUT2D eigenvalue weighted by Gasteiger charge is -2.27. The second kappa shape index (κ2) is 8.99. The Balaban J connectivity index is 2.06. The minimum Gasteiger partial charge on any atom is -0.480 e. The Bertz CT molecular complexity index is 729. The molecule has 2 N–H and O–H groups in total. The Morgan fingerprint density at radius 2 is 1.58 bits per heavy atom. The molecule has 138 valence electrons. The van der Waals surface area contributed by atoms with Crippen LogP contribution < -0.4 is 0 Å². The SMILES string of the molecule is CC(C)C[C@@H](C(=O)O)N(CCc1ccc(-c2ccncc2)cc1)C(=O)O. The summed E-state index contributed by atoms with van der Waals surface area (Å²) in [7, 11) is 0. The first kappa shape index (κ1) is 19.4. The molecule has 0 radical (unpaired) electrons. The number of pyridine rings is 1. The molecule has 1 aromatic heterocycles. The van der Waals surface area contributed by atoms with Crippen LogP contribution in [0.2, 0.25) is 0 Å². The van der Waals surface area contributed by atoms with E-state index in [0.29, 0.717) is 12.8 Å². The molecule has 1 amide bonds. The fraction of sp³-hybridized carbons (Fsp3) is 0.350. The first-order chi connectivity index (χ1) is 12.4. The normalized spacial score (nSPS) is 12.0. The highest BCUT2D eigenvalue weighted by atomic mass is 16.4. The van der Waals surface area contributed by atoms with Gasteiger partial charge in [-0.1, -0.05) is 38.1 Å². The molecule has 0 spiro atoms. The van der Waals surface area contributed by atoms with Gasteiger partial charge in [-0.25, -0.2) is 9.59 Å². The first-order valence-electron chi connectivity index (χ1n) is 8.60. The molecule has 1 heterocycles. The summed E-state index contributed by atoms with van der Waals surface area (Å²) in [6.45, 7) is 3.91. The van der Waals surface area contributed by atoms with Crippen molar-refractivity contribution < 1.29 is 19.8 Å². The van der Waals surface area contributed by atoms with Crippen LogP contribution in [0.5, 0.6) is 0 Å². The predicted molar refractivity (Wildman–Crippen MR) is 99.0 cm³/mol. The van der Waals surface area contributed by atoms with Crippen molar-refractivity contribution in [2.24, 2.45) is 5.92 Å². The van der Waals surface area contributed by atoms with Crippen LogP contribution >= 0.6 is 0 Å². The highest BCUT2D eigenvalue weighted by Crippen LogP contribution is 2.19. The average molecular weight is 356 g/mol. The lowest BCUT2D eigenvalue weighted by Crippen LogP contribution is -2.46. The van der Waals surface area contributed by atoms with Crippen molar-refractivity contribution >= 4 is 12.1 Å². The summed E-state index contributed by atoms with van der Waals surface area (Å²) in [5.74, 6) is -1.01. The zero-order chi connectivity index (χ0) is 19.1. The van der Waals surface area contributed by atoms with Gasteiger partial charge in [0, 0.05) is 18.9 Å². The number of aliphatic carboxylic acids is 1. The molecule has 0 saturated heterocycles. The van der Waals surface area contributed by atoms with E-state index in [0.717, 1.165) is 21.6 Å². The van der Waals surface area contributed by atoms with Gasteiger partial charge in [0.15, 0.2) is 0 Å². The number of carboxylic acids is 1. The van der Waals surface area contributed by atoms with E-state index < -0.39 is 18.1 Å². The Kier molecular flexibility index (Phi) is 6.72. The second-order valence-corrected chi connectivity index (χ2v) is 6.64. The molecule has 1 atom stereocenters. The van der Waals surface area contributed by atoms with Gasteiger partial charge in [0.05, 0.1) is 0 Å². The van der Waals surface area contributed by atoms with Crippen molar-refractivity contribution in [3.63, 3.8) is 0 Å². The Morgan fingerprint density at radius 3 is 2.08 bits per heavy atom. The molecule has 26 heavy (non-hydrogen) atoms. The van der Waals surface area contributed by atoms with Gasteiger partial charge in [0.25, 0.3) is 0 Å². The van der Waals surface area contributed by atoms with Crippen LogP contribution in [0.1, 0.15) is 25.8 Å². The molecule has 0 aliphatic rings. The summed E-state index contributed by atoms with van der Waals surface area (Å²) >= 11 is 0. The number of amides is 1. The lowest BCUT2D eigenvalue weighted by atomic mass is 10.0. The van der Waals surface area contributed by atoms with Gasteiger partial charge >= 0.3 is 12.1 Å². The highest BCUT2D eigenvalue weighted by molar-refractivity contribution is 5.79. The topological polar surface area (TPSA) is 90.7 Å². The maximum atomic E-state index is 11.5. The lowest BCUT2D eigenvalue weighted by molar-refractivity contribution is -0.143. The molecular formula is C20H24N2O4. The summed E-state index contributed by atoms with van der Waals surface area (Å²) < 4.78 is 0. The van der Waals surface area contributed by atoms with Crippen LogP contribution in [0.3, 0.4) is 0 Å². The molecule has 0 bridgehead atoms. The van der Waals surface area contributed by atoms with Crippen molar-refractivity contribution in [1.82, 2.24) is 9.88 Å². The van der Waals surface area contributed by atoms with Gasteiger partial charge in [-0.05, 0) is 47.6 Å². The number of carboxylic acid groups (broad SMARTS) is 2. The van der Waals surface area contributed by atoms with E-state index in [1.807, 2.05) is 50.2 Å². The average Bonchev–Trinajstić information content (AvgIpc) is 2.61. The second-order valence-electron chi connectivity index (χ2n) is 6.64. The summed E-state index contributed by atoms with van der Waals surface area (Å²) in [6.07, 6.45) is 3.02. The maximum absolute atomic E-state index is 11.5. The quantitative estimate of drug-likeness (QED) is 0.751. The van der Waals surface area contributed by atoms with E-state index in [4.69, 9.17) is 0 Å². The predicted octanol–water partition coefficient (Wildman–Crippen LogP) is 3.77. The van der Waals surface area contributed by atoms with Gasteiger partial charge < -0.3 is 10.2 Å². The first-order valence-corrected chi connectivity index (χ1v) is 8.60. The number of hydrogen-bond donors (Lipinski definition) is 2. The van der Waals surface area contributed by atoms with Crippen molar-refractivity contribution in [2.75, 3.05) is 6.54 Å². The minimum absolute atomic E-state index is 0.0950. The molecule has 0 aliphatic carbocycles. The van der Waals surface area contributed by atoms with Crippen molar-refractivity contribution in [3.8, 4) is 11.1 Å². The molecule has 6 heteroatoms. The molecule has 0 unspecified atom stereocenters. The van der Waals surface area contributed by atoms with E-state index in [1.54, 1.807) is 12.4 Å². The van der Waals surface area contributed by atoms with Gasteiger partial charge in [0.2, 0.25) is 0 Å².